The molecule has 22 heavy (non-hydrogen) atoms. The summed E-state index contributed by atoms with van der Waals surface area (Å²) in [6, 6.07) is 3.55. The fourth-order valence-corrected chi connectivity index (χ4v) is 3.11. The van der Waals surface area contributed by atoms with Crippen LogP contribution in [-0.4, -0.2) is 33.7 Å². The molecule has 1 aromatic rings. The predicted octanol–water partition coefficient (Wildman–Crippen LogP) is 1.44. The van der Waals surface area contributed by atoms with Crippen molar-refractivity contribution in [3.63, 3.8) is 0 Å². The summed E-state index contributed by atoms with van der Waals surface area (Å²) in [5.41, 5.74) is 0.541. The van der Waals surface area contributed by atoms with E-state index in [1.54, 1.807) is 6.92 Å². The number of carbonyl (C=O) groups excluding carboxylic acids is 1. The molecule has 0 spiro atoms. The van der Waals surface area contributed by atoms with Gasteiger partial charge < -0.3 is 10.6 Å². The van der Waals surface area contributed by atoms with Crippen LogP contribution in [0.5, 0.6) is 0 Å². The molecule has 124 valence electrons. The molecule has 1 fully saturated rings. The second-order valence-electron chi connectivity index (χ2n) is 5.38. The van der Waals surface area contributed by atoms with Crippen LogP contribution >= 0.6 is 12.4 Å². The molecule has 1 saturated heterocycles. The van der Waals surface area contributed by atoms with E-state index in [1.807, 2.05) is 0 Å². The van der Waals surface area contributed by atoms with E-state index < -0.39 is 15.7 Å². The topological polar surface area (TPSA) is 75.3 Å². The zero-order chi connectivity index (χ0) is 15.6. The van der Waals surface area contributed by atoms with Gasteiger partial charge in [-0.1, -0.05) is 6.07 Å². The van der Waals surface area contributed by atoms with Crippen LogP contribution in [0.3, 0.4) is 0 Å². The number of sulfone groups is 1. The van der Waals surface area contributed by atoms with Crippen molar-refractivity contribution in [2.24, 2.45) is 5.92 Å². The lowest BCUT2D eigenvalue weighted by Gasteiger charge is -2.17. The fourth-order valence-electron chi connectivity index (χ4n) is 2.38. The largest absolute Gasteiger partial charge is 0.349 e. The van der Waals surface area contributed by atoms with Gasteiger partial charge in [-0.25, -0.2) is 12.8 Å². The molecule has 1 amide bonds. The van der Waals surface area contributed by atoms with Gasteiger partial charge in [-0.05, 0) is 37.6 Å². The number of rotatable bonds is 4. The first kappa shape index (κ1) is 18.9. The summed E-state index contributed by atoms with van der Waals surface area (Å²) < 4.78 is 36.6. The maximum atomic E-state index is 13.8. The van der Waals surface area contributed by atoms with Gasteiger partial charge in [0, 0.05) is 12.8 Å². The van der Waals surface area contributed by atoms with E-state index in [0.717, 1.165) is 25.3 Å². The summed E-state index contributed by atoms with van der Waals surface area (Å²) in [5, 5.41) is 5.94. The fraction of sp³-hybridized carbons (Fsp3) is 0.500. The highest BCUT2D eigenvalue weighted by Gasteiger charge is 2.24. The highest BCUT2D eigenvalue weighted by molar-refractivity contribution is 7.90. The van der Waals surface area contributed by atoms with Gasteiger partial charge in [0.25, 0.3) is 0 Å². The average molecular weight is 351 g/mol. The molecule has 1 aliphatic rings. The average Bonchev–Trinajstić information content (AvgIpc) is 2.90. The first-order chi connectivity index (χ1) is 9.79. The van der Waals surface area contributed by atoms with Gasteiger partial charge in [0.15, 0.2) is 9.84 Å². The first-order valence-corrected chi connectivity index (χ1v) is 8.69. The van der Waals surface area contributed by atoms with Gasteiger partial charge in [0.05, 0.1) is 12.0 Å². The molecular weight excluding hydrogens is 331 g/mol. The molecule has 0 aliphatic carbocycles. The Labute approximate surface area is 136 Å². The van der Waals surface area contributed by atoms with Gasteiger partial charge in [-0.2, -0.15) is 0 Å². The quantitative estimate of drug-likeness (QED) is 0.861. The van der Waals surface area contributed by atoms with Gasteiger partial charge in [0.1, 0.15) is 10.7 Å². The van der Waals surface area contributed by atoms with Crippen molar-refractivity contribution in [3.05, 3.63) is 29.6 Å². The van der Waals surface area contributed by atoms with Crippen molar-refractivity contribution in [1.29, 1.82) is 0 Å². The number of hydrogen-bond donors (Lipinski definition) is 2. The third-order valence-corrected chi connectivity index (χ3v) is 4.78. The van der Waals surface area contributed by atoms with E-state index in [1.165, 1.54) is 12.1 Å². The third-order valence-electron chi connectivity index (χ3n) is 3.65. The van der Waals surface area contributed by atoms with Gasteiger partial charge in [-0.15, -0.1) is 12.4 Å². The van der Waals surface area contributed by atoms with E-state index in [2.05, 4.69) is 10.6 Å². The Bertz CT molecular complexity index is 645. The molecule has 0 bridgehead atoms. The molecular formula is C14H20ClFN2O3S. The Morgan fingerprint density at radius 3 is 2.64 bits per heavy atom. The minimum absolute atomic E-state index is 0. The number of amides is 1. The molecule has 2 N–H and O–H groups in total. The number of benzene rings is 1. The van der Waals surface area contributed by atoms with Crippen LogP contribution in [0, 0.1) is 11.7 Å². The summed E-state index contributed by atoms with van der Waals surface area (Å²) >= 11 is 0. The minimum Gasteiger partial charge on any atom is -0.349 e. The van der Waals surface area contributed by atoms with Crippen molar-refractivity contribution in [2.75, 3.05) is 19.3 Å². The Hall–Kier alpha value is -1.18. The summed E-state index contributed by atoms with van der Waals surface area (Å²) in [4.78, 5) is 11.7. The molecule has 8 heteroatoms. The maximum Gasteiger partial charge on any atom is 0.224 e. The Kier molecular flexibility index (Phi) is 6.34. The highest BCUT2D eigenvalue weighted by Crippen LogP contribution is 2.21. The normalized spacial score (nSPS) is 19.3. The number of halogens is 2. The van der Waals surface area contributed by atoms with E-state index in [-0.39, 0.29) is 35.2 Å². The minimum atomic E-state index is -3.58. The Morgan fingerprint density at radius 1 is 1.45 bits per heavy atom. The molecule has 1 aliphatic heterocycles. The molecule has 0 saturated carbocycles. The molecule has 1 heterocycles. The molecule has 0 aromatic heterocycles. The van der Waals surface area contributed by atoms with E-state index in [0.29, 0.717) is 12.1 Å². The number of nitrogens with one attached hydrogen (secondary N) is 2. The lowest BCUT2D eigenvalue weighted by molar-refractivity contribution is -0.125. The van der Waals surface area contributed by atoms with Gasteiger partial charge >= 0.3 is 0 Å². The van der Waals surface area contributed by atoms with Crippen molar-refractivity contribution in [3.8, 4) is 0 Å². The third kappa shape index (κ3) is 4.41. The van der Waals surface area contributed by atoms with Crippen LogP contribution in [0.4, 0.5) is 4.39 Å². The lowest BCUT2D eigenvalue weighted by Crippen LogP contribution is -2.33. The van der Waals surface area contributed by atoms with Crippen LogP contribution in [-0.2, 0) is 14.6 Å². The number of carbonyl (C=O) groups is 1. The SMILES string of the molecule is CC(NC(=O)C1CCNC1)c1ccc(S(C)(=O)=O)c(F)c1.Cl. The zero-order valence-electron chi connectivity index (χ0n) is 12.4. The molecule has 2 atom stereocenters. The maximum absolute atomic E-state index is 13.8. The van der Waals surface area contributed by atoms with Crippen LogP contribution < -0.4 is 10.6 Å². The van der Waals surface area contributed by atoms with Crippen LogP contribution in [0.15, 0.2) is 23.1 Å². The lowest BCUT2D eigenvalue weighted by atomic mass is 10.1. The highest BCUT2D eigenvalue weighted by atomic mass is 35.5. The summed E-state index contributed by atoms with van der Waals surface area (Å²) in [7, 11) is -3.58. The molecule has 0 radical (unpaired) electrons. The van der Waals surface area contributed by atoms with E-state index in [9.17, 15) is 17.6 Å². The van der Waals surface area contributed by atoms with Crippen LogP contribution in [0.2, 0.25) is 0 Å². The van der Waals surface area contributed by atoms with Crippen molar-refractivity contribution in [1.82, 2.24) is 10.6 Å². The molecule has 2 unspecified atom stereocenters. The van der Waals surface area contributed by atoms with Crippen molar-refractivity contribution < 1.29 is 17.6 Å². The Balaban J connectivity index is 0.00000242. The predicted molar refractivity (Wildman–Crippen MR) is 84.3 cm³/mol. The van der Waals surface area contributed by atoms with Gasteiger partial charge in [0.2, 0.25) is 5.91 Å². The summed E-state index contributed by atoms with van der Waals surface area (Å²) in [5.74, 6) is -0.925. The van der Waals surface area contributed by atoms with E-state index in [4.69, 9.17) is 0 Å². The molecule has 1 aromatic carbocycles. The number of hydrogen-bond acceptors (Lipinski definition) is 4. The van der Waals surface area contributed by atoms with Crippen LogP contribution in [0.25, 0.3) is 0 Å². The standard InChI is InChI=1S/C14H19FN2O3S.ClH/c1-9(17-14(18)11-5-6-16-8-11)10-3-4-13(12(15)7-10)21(2,19)20;/h3-4,7,9,11,16H,5-6,8H2,1-2H3,(H,17,18);1H. The summed E-state index contributed by atoms with van der Waals surface area (Å²) in [6.07, 6.45) is 1.75. The smallest absolute Gasteiger partial charge is 0.224 e. The summed E-state index contributed by atoms with van der Waals surface area (Å²) in [6.45, 7) is 3.22. The monoisotopic (exact) mass is 350 g/mol. The van der Waals surface area contributed by atoms with Crippen molar-refractivity contribution in [2.45, 2.75) is 24.3 Å². The molecule has 5 nitrogen and oxygen atoms in total. The van der Waals surface area contributed by atoms with E-state index >= 15 is 0 Å². The first-order valence-electron chi connectivity index (χ1n) is 6.79. The second-order valence-corrected chi connectivity index (χ2v) is 7.37. The van der Waals surface area contributed by atoms with Crippen LogP contribution in [0.1, 0.15) is 24.9 Å². The van der Waals surface area contributed by atoms with Gasteiger partial charge in [-0.3, -0.25) is 4.79 Å². The second kappa shape index (κ2) is 7.39. The Morgan fingerprint density at radius 2 is 2.14 bits per heavy atom. The van der Waals surface area contributed by atoms with Crippen molar-refractivity contribution >= 4 is 28.2 Å². The molecule has 2 rings (SSSR count). The zero-order valence-corrected chi connectivity index (χ0v) is 14.1.